The van der Waals surface area contributed by atoms with Crippen molar-refractivity contribution in [1.29, 1.82) is 5.26 Å². The van der Waals surface area contributed by atoms with Crippen LogP contribution in [0.25, 0.3) is 0 Å². The van der Waals surface area contributed by atoms with Gasteiger partial charge in [0.25, 0.3) is 5.69 Å². The average molecular weight is 289 g/mol. The summed E-state index contributed by atoms with van der Waals surface area (Å²) < 4.78 is 5.07. The maximum absolute atomic E-state index is 10.7. The molecule has 0 amide bonds. The first-order valence-electron chi connectivity index (χ1n) is 5.76. The van der Waals surface area contributed by atoms with Gasteiger partial charge in [0.2, 0.25) is 0 Å². The van der Waals surface area contributed by atoms with Gasteiger partial charge in [0.05, 0.1) is 16.2 Å². The summed E-state index contributed by atoms with van der Waals surface area (Å²) in [7, 11) is 0. The van der Waals surface area contributed by atoms with E-state index < -0.39 is 4.92 Å². The quantitative estimate of drug-likeness (QED) is 0.486. The van der Waals surface area contributed by atoms with Crippen molar-refractivity contribution in [2.75, 3.05) is 0 Å². The molecule has 0 bridgehead atoms. The SMILES string of the molecule is Cc1noc(C)c1CSc1ccc([N+](=O)[O-])cc1C#N. The zero-order valence-corrected chi connectivity index (χ0v) is 11.7. The highest BCUT2D eigenvalue weighted by Crippen LogP contribution is 2.30. The Labute approximate surface area is 119 Å². The number of nitrogens with zero attached hydrogens (tertiary/aromatic N) is 3. The molecule has 1 aromatic heterocycles. The first kappa shape index (κ1) is 14.1. The highest BCUT2D eigenvalue weighted by atomic mass is 32.2. The Hall–Kier alpha value is -2.33. The Bertz CT molecular complexity index is 684. The maximum Gasteiger partial charge on any atom is 0.270 e. The predicted molar refractivity (Wildman–Crippen MR) is 73.3 cm³/mol. The standard InChI is InChI=1S/C13H11N3O3S/c1-8-12(9(2)19-15-8)7-20-13-4-3-11(16(17)18)5-10(13)6-14/h3-5H,7H2,1-2H3. The van der Waals surface area contributed by atoms with Crippen LogP contribution in [0.2, 0.25) is 0 Å². The van der Waals surface area contributed by atoms with E-state index in [1.807, 2.05) is 19.9 Å². The number of hydrogen-bond donors (Lipinski definition) is 0. The van der Waals surface area contributed by atoms with E-state index in [2.05, 4.69) is 5.16 Å². The van der Waals surface area contributed by atoms with E-state index in [9.17, 15) is 10.1 Å². The monoisotopic (exact) mass is 289 g/mol. The Kier molecular flexibility index (Phi) is 4.05. The van der Waals surface area contributed by atoms with Crippen molar-refractivity contribution >= 4 is 17.4 Å². The lowest BCUT2D eigenvalue weighted by Gasteiger charge is -2.03. The molecule has 0 aliphatic rings. The molecular formula is C13H11N3O3S. The van der Waals surface area contributed by atoms with Crippen LogP contribution in [-0.4, -0.2) is 10.1 Å². The molecule has 0 radical (unpaired) electrons. The normalized spacial score (nSPS) is 10.2. The molecule has 2 rings (SSSR count). The molecule has 102 valence electrons. The third-order valence-electron chi connectivity index (χ3n) is 2.85. The van der Waals surface area contributed by atoms with Crippen molar-refractivity contribution in [2.45, 2.75) is 24.5 Å². The number of non-ortho nitro benzene ring substituents is 1. The van der Waals surface area contributed by atoms with Gasteiger partial charge in [-0.1, -0.05) is 5.16 Å². The molecule has 0 aliphatic heterocycles. The minimum atomic E-state index is -0.510. The van der Waals surface area contributed by atoms with Gasteiger partial charge >= 0.3 is 0 Å². The van der Waals surface area contributed by atoms with Crippen LogP contribution in [0.1, 0.15) is 22.6 Å². The van der Waals surface area contributed by atoms with Crippen LogP contribution in [0.5, 0.6) is 0 Å². The largest absolute Gasteiger partial charge is 0.361 e. The van der Waals surface area contributed by atoms with E-state index in [1.165, 1.54) is 23.9 Å². The van der Waals surface area contributed by atoms with Gasteiger partial charge in [0.1, 0.15) is 11.8 Å². The molecular weight excluding hydrogens is 278 g/mol. The first-order chi connectivity index (χ1) is 9.52. The van der Waals surface area contributed by atoms with Crippen LogP contribution in [-0.2, 0) is 5.75 Å². The van der Waals surface area contributed by atoms with Gasteiger partial charge in [-0.15, -0.1) is 11.8 Å². The van der Waals surface area contributed by atoms with Crippen molar-refractivity contribution < 1.29 is 9.45 Å². The molecule has 7 heteroatoms. The third-order valence-corrected chi connectivity index (χ3v) is 3.95. The molecule has 0 spiro atoms. The van der Waals surface area contributed by atoms with E-state index in [-0.39, 0.29) is 5.69 Å². The van der Waals surface area contributed by atoms with E-state index in [0.29, 0.717) is 16.2 Å². The van der Waals surface area contributed by atoms with Crippen molar-refractivity contribution in [3.63, 3.8) is 0 Å². The molecule has 0 saturated carbocycles. The molecule has 1 aromatic carbocycles. The molecule has 0 fully saturated rings. The third kappa shape index (κ3) is 2.81. The summed E-state index contributed by atoms with van der Waals surface area (Å²) in [5.74, 6) is 1.35. The molecule has 0 atom stereocenters. The van der Waals surface area contributed by atoms with Crippen LogP contribution in [0.4, 0.5) is 5.69 Å². The Balaban J connectivity index is 2.22. The molecule has 0 unspecified atom stereocenters. The van der Waals surface area contributed by atoms with Gasteiger partial charge in [0.15, 0.2) is 0 Å². The number of nitro benzene ring substituents is 1. The minimum Gasteiger partial charge on any atom is -0.361 e. The molecule has 2 aromatic rings. The lowest BCUT2D eigenvalue weighted by Crippen LogP contribution is -1.91. The molecule has 0 N–H and O–H groups in total. The summed E-state index contributed by atoms with van der Waals surface area (Å²) in [5.41, 5.74) is 2.02. The van der Waals surface area contributed by atoms with Gasteiger partial charge < -0.3 is 4.52 Å². The lowest BCUT2D eigenvalue weighted by atomic mass is 10.2. The fourth-order valence-corrected chi connectivity index (χ4v) is 2.84. The maximum atomic E-state index is 10.7. The summed E-state index contributed by atoms with van der Waals surface area (Å²) in [4.78, 5) is 10.9. The van der Waals surface area contributed by atoms with Crippen molar-refractivity contribution in [3.05, 3.63) is 50.9 Å². The Morgan fingerprint density at radius 3 is 2.80 bits per heavy atom. The van der Waals surface area contributed by atoms with Gasteiger partial charge in [-0.05, 0) is 19.9 Å². The summed E-state index contributed by atoms with van der Waals surface area (Å²) in [6.07, 6.45) is 0. The van der Waals surface area contributed by atoms with Crippen molar-refractivity contribution in [1.82, 2.24) is 5.16 Å². The number of aromatic nitrogens is 1. The summed E-state index contributed by atoms with van der Waals surface area (Å²) in [6.45, 7) is 3.68. The van der Waals surface area contributed by atoms with Gasteiger partial charge in [-0.25, -0.2) is 0 Å². The zero-order chi connectivity index (χ0) is 14.7. The van der Waals surface area contributed by atoms with Crippen molar-refractivity contribution in [3.8, 4) is 6.07 Å². The Morgan fingerprint density at radius 2 is 2.25 bits per heavy atom. The highest BCUT2D eigenvalue weighted by molar-refractivity contribution is 7.98. The second-order valence-electron chi connectivity index (χ2n) is 4.14. The lowest BCUT2D eigenvalue weighted by molar-refractivity contribution is -0.384. The minimum absolute atomic E-state index is 0.0803. The number of nitro groups is 1. The predicted octanol–water partition coefficient (Wildman–Crippen LogP) is 3.36. The molecule has 6 nitrogen and oxygen atoms in total. The van der Waals surface area contributed by atoms with Crippen LogP contribution in [0.15, 0.2) is 27.6 Å². The van der Waals surface area contributed by atoms with E-state index in [1.54, 1.807) is 6.07 Å². The summed E-state index contributed by atoms with van der Waals surface area (Å²) in [5, 5.41) is 23.6. The second kappa shape index (κ2) is 5.75. The number of hydrogen-bond acceptors (Lipinski definition) is 6. The number of aryl methyl sites for hydroxylation is 2. The fourth-order valence-electron chi connectivity index (χ4n) is 1.70. The topological polar surface area (TPSA) is 93.0 Å². The number of benzene rings is 1. The second-order valence-corrected chi connectivity index (χ2v) is 5.16. The molecule has 0 aliphatic carbocycles. The van der Waals surface area contributed by atoms with Gasteiger partial charge in [-0.3, -0.25) is 10.1 Å². The van der Waals surface area contributed by atoms with E-state index in [0.717, 1.165) is 17.0 Å². The first-order valence-corrected chi connectivity index (χ1v) is 6.74. The van der Waals surface area contributed by atoms with Gasteiger partial charge in [0, 0.05) is 28.3 Å². The average Bonchev–Trinajstić information content (AvgIpc) is 2.75. The highest BCUT2D eigenvalue weighted by Gasteiger charge is 2.13. The molecule has 20 heavy (non-hydrogen) atoms. The van der Waals surface area contributed by atoms with Gasteiger partial charge in [-0.2, -0.15) is 5.26 Å². The van der Waals surface area contributed by atoms with Crippen LogP contribution in [0, 0.1) is 35.3 Å². The number of rotatable bonds is 4. The number of nitriles is 1. The fraction of sp³-hybridized carbons (Fsp3) is 0.231. The van der Waals surface area contributed by atoms with Crippen molar-refractivity contribution in [2.24, 2.45) is 0 Å². The van der Waals surface area contributed by atoms with Crippen LogP contribution >= 0.6 is 11.8 Å². The smallest absolute Gasteiger partial charge is 0.270 e. The summed E-state index contributed by atoms with van der Waals surface area (Å²) in [6, 6.07) is 6.27. The summed E-state index contributed by atoms with van der Waals surface area (Å²) >= 11 is 1.43. The molecule has 1 heterocycles. The molecule has 0 saturated heterocycles. The van der Waals surface area contributed by atoms with Crippen LogP contribution in [0.3, 0.4) is 0 Å². The van der Waals surface area contributed by atoms with E-state index >= 15 is 0 Å². The number of thioether (sulfide) groups is 1. The van der Waals surface area contributed by atoms with Crippen LogP contribution < -0.4 is 0 Å². The van der Waals surface area contributed by atoms with E-state index in [4.69, 9.17) is 9.78 Å². The Morgan fingerprint density at radius 1 is 1.50 bits per heavy atom. The zero-order valence-electron chi connectivity index (χ0n) is 10.9.